The van der Waals surface area contributed by atoms with E-state index in [2.05, 4.69) is 10.6 Å². The molecule has 0 atom stereocenters. The highest BCUT2D eigenvalue weighted by Crippen LogP contribution is 2.24. The third-order valence-corrected chi connectivity index (χ3v) is 3.36. The van der Waals surface area contributed by atoms with Crippen LogP contribution in [0, 0.1) is 5.82 Å². The van der Waals surface area contributed by atoms with Crippen LogP contribution in [0.2, 0.25) is 10.0 Å². The first-order valence-corrected chi connectivity index (χ1v) is 6.96. The minimum Gasteiger partial charge on any atom is -0.378 e. The molecule has 0 saturated heterocycles. The smallest absolute Gasteiger partial charge is 0.221 e. The number of hydrogen-bond donors (Lipinski definition) is 2. The van der Waals surface area contributed by atoms with Crippen LogP contribution in [0.5, 0.6) is 0 Å². The Bertz CT molecular complexity index is 677. The van der Waals surface area contributed by atoms with E-state index in [4.69, 9.17) is 23.2 Å². The van der Waals surface area contributed by atoms with Gasteiger partial charge in [-0.3, -0.25) is 4.79 Å². The normalized spacial score (nSPS) is 10.3. The van der Waals surface area contributed by atoms with Crippen LogP contribution in [-0.4, -0.2) is 5.91 Å². The molecule has 0 bridgehead atoms. The van der Waals surface area contributed by atoms with E-state index >= 15 is 0 Å². The molecule has 110 valence electrons. The Morgan fingerprint density at radius 2 is 1.95 bits per heavy atom. The van der Waals surface area contributed by atoms with Crippen molar-refractivity contribution in [2.24, 2.45) is 0 Å². The second-order valence-electron chi connectivity index (χ2n) is 4.47. The molecule has 0 aliphatic carbocycles. The highest BCUT2D eigenvalue weighted by Gasteiger charge is 2.06. The van der Waals surface area contributed by atoms with Crippen molar-refractivity contribution in [2.75, 3.05) is 10.6 Å². The molecule has 6 heteroatoms. The van der Waals surface area contributed by atoms with Crippen LogP contribution in [0.15, 0.2) is 36.4 Å². The van der Waals surface area contributed by atoms with Crippen LogP contribution in [-0.2, 0) is 11.3 Å². The highest BCUT2D eigenvalue weighted by molar-refractivity contribution is 6.35. The van der Waals surface area contributed by atoms with E-state index < -0.39 is 5.82 Å². The molecule has 0 fully saturated rings. The van der Waals surface area contributed by atoms with Crippen molar-refractivity contribution in [1.29, 1.82) is 0 Å². The van der Waals surface area contributed by atoms with Gasteiger partial charge in [-0.15, -0.1) is 0 Å². The molecule has 0 heterocycles. The van der Waals surface area contributed by atoms with Gasteiger partial charge in [0.15, 0.2) is 0 Å². The number of carbonyl (C=O) groups excluding carboxylic acids is 1. The highest BCUT2D eigenvalue weighted by atomic mass is 35.5. The maximum absolute atomic E-state index is 13.7. The molecule has 3 nitrogen and oxygen atoms in total. The zero-order valence-corrected chi connectivity index (χ0v) is 12.7. The topological polar surface area (TPSA) is 41.1 Å². The van der Waals surface area contributed by atoms with Gasteiger partial charge in [-0.2, -0.15) is 0 Å². The van der Waals surface area contributed by atoms with Crippen molar-refractivity contribution >= 4 is 40.5 Å². The van der Waals surface area contributed by atoms with Crippen molar-refractivity contribution in [3.63, 3.8) is 0 Å². The minimum atomic E-state index is -0.408. The molecule has 1 amide bonds. The molecule has 0 saturated carbocycles. The average Bonchev–Trinajstić information content (AvgIpc) is 2.40. The molecule has 2 rings (SSSR count). The summed E-state index contributed by atoms with van der Waals surface area (Å²) in [6.07, 6.45) is 0. The van der Waals surface area contributed by atoms with Crippen LogP contribution < -0.4 is 10.6 Å². The number of anilines is 2. The minimum absolute atomic E-state index is 0.215. The standard InChI is InChI=1S/C15H13Cl2FN2O/c1-9(21)20-12-4-5-14(18)15(7-12)19-8-10-2-3-11(16)6-13(10)17/h2-7,19H,8H2,1H3,(H,20,21). The van der Waals surface area contributed by atoms with E-state index in [0.717, 1.165) is 5.56 Å². The molecular formula is C15H13Cl2FN2O. The van der Waals surface area contributed by atoms with Gasteiger partial charge in [-0.25, -0.2) is 4.39 Å². The van der Waals surface area contributed by atoms with Crippen LogP contribution in [0.1, 0.15) is 12.5 Å². The first-order chi connectivity index (χ1) is 9.95. The third-order valence-electron chi connectivity index (χ3n) is 2.77. The average molecular weight is 327 g/mol. The van der Waals surface area contributed by atoms with Gasteiger partial charge in [-0.1, -0.05) is 29.3 Å². The van der Waals surface area contributed by atoms with Crippen LogP contribution in [0.3, 0.4) is 0 Å². The predicted molar refractivity (Wildman–Crippen MR) is 84.5 cm³/mol. The van der Waals surface area contributed by atoms with E-state index in [-0.39, 0.29) is 11.6 Å². The first kappa shape index (κ1) is 15.6. The fourth-order valence-electron chi connectivity index (χ4n) is 1.80. The maximum Gasteiger partial charge on any atom is 0.221 e. The van der Waals surface area contributed by atoms with Gasteiger partial charge in [0.1, 0.15) is 5.82 Å². The molecule has 0 aliphatic rings. The number of carbonyl (C=O) groups is 1. The summed E-state index contributed by atoms with van der Waals surface area (Å²) < 4.78 is 13.7. The van der Waals surface area contributed by atoms with E-state index in [0.29, 0.717) is 22.3 Å². The third kappa shape index (κ3) is 4.34. The van der Waals surface area contributed by atoms with Gasteiger partial charge in [0.2, 0.25) is 5.91 Å². The van der Waals surface area contributed by atoms with Gasteiger partial charge in [0.05, 0.1) is 5.69 Å². The number of halogens is 3. The lowest BCUT2D eigenvalue weighted by atomic mass is 10.2. The molecule has 2 aromatic carbocycles. The van der Waals surface area contributed by atoms with E-state index in [1.807, 2.05) is 0 Å². The lowest BCUT2D eigenvalue weighted by Gasteiger charge is -2.11. The number of hydrogen-bond acceptors (Lipinski definition) is 2. The molecule has 0 radical (unpaired) electrons. The summed E-state index contributed by atoms with van der Waals surface area (Å²) in [5.74, 6) is -0.623. The van der Waals surface area contributed by atoms with Crippen molar-refractivity contribution < 1.29 is 9.18 Å². The number of nitrogens with one attached hydrogen (secondary N) is 2. The second-order valence-corrected chi connectivity index (χ2v) is 5.31. The molecule has 21 heavy (non-hydrogen) atoms. The summed E-state index contributed by atoms with van der Waals surface area (Å²) in [5.41, 5.74) is 1.60. The predicted octanol–water partition coefficient (Wildman–Crippen LogP) is 4.70. The van der Waals surface area contributed by atoms with Gasteiger partial charge in [-0.05, 0) is 35.9 Å². The Balaban J connectivity index is 2.13. The second kappa shape index (κ2) is 6.78. The first-order valence-electron chi connectivity index (χ1n) is 6.20. The van der Waals surface area contributed by atoms with Gasteiger partial charge < -0.3 is 10.6 Å². The van der Waals surface area contributed by atoms with Crippen LogP contribution in [0.25, 0.3) is 0 Å². The number of rotatable bonds is 4. The Labute approximate surface area is 132 Å². The molecule has 0 aliphatic heterocycles. The van der Waals surface area contributed by atoms with Crippen molar-refractivity contribution in [1.82, 2.24) is 0 Å². The Morgan fingerprint density at radius 1 is 1.19 bits per heavy atom. The lowest BCUT2D eigenvalue weighted by molar-refractivity contribution is -0.114. The molecule has 0 spiro atoms. The molecule has 2 aromatic rings. The molecule has 2 N–H and O–H groups in total. The maximum atomic E-state index is 13.7. The largest absolute Gasteiger partial charge is 0.378 e. The molecule has 0 unspecified atom stereocenters. The Hall–Kier alpha value is -1.78. The summed E-state index contributed by atoms with van der Waals surface area (Å²) in [4.78, 5) is 11.0. The monoisotopic (exact) mass is 326 g/mol. The van der Waals surface area contributed by atoms with Gasteiger partial charge in [0.25, 0.3) is 0 Å². The zero-order chi connectivity index (χ0) is 15.4. The summed E-state index contributed by atoms with van der Waals surface area (Å²) in [5, 5.41) is 6.60. The van der Waals surface area contributed by atoms with Crippen LogP contribution >= 0.6 is 23.2 Å². The van der Waals surface area contributed by atoms with E-state index in [1.54, 1.807) is 18.2 Å². The fraction of sp³-hybridized carbons (Fsp3) is 0.133. The number of amides is 1. The van der Waals surface area contributed by atoms with Gasteiger partial charge in [0, 0.05) is 29.2 Å². The van der Waals surface area contributed by atoms with E-state index in [1.165, 1.54) is 25.1 Å². The zero-order valence-electron chi connectivity index (χ0n) is 11.2. The Kier molecular flexibility index (Phi) is 5.04. The fourth-order valence-corrected chi connectivity index (χ4v) is 2.27. The lowest BCUT2D eigenvalue weighted by Crippen LogP contribution is -2.07. The van der Waals surface area contributed by atoms with Crippen molar-refractivity contribution in [3.05, 3.63) is 57.8 Å². The number of benzene rings is 2. The summed E-state index contributed by atoms with van der Waals surface area (Å²) in [6.45, 7) is 1.74. The molecule has 0 aromatic heterocycles. The Morgan fingerprint density at radius 3 is 2.62 bits per heavy atom. The summed E-state index contributed by atoms with van der Waals surface area (Å²) >= 11 is 11.9. The molecular weight excluding hydrogens is 314 g/mol. The quantitative estimate of drug-likeness (QED) is 0.854. The summed E-state index contributed by atoms with van der Waals surface area (Å²) in [7, 11) is 0. The van der Waals surface area contributed by atoms with Crippen molar-refractivity contribution in [2.45, 2.75) is 13.5 Å². The van der Waals surface area contributed by atoms with Crippen molar-refractivity contribution in [3.8, 4) is 0 Å². The SMILES string of the molecule is CC(=O)Nc1ccc(F)c(NCc2ccc(Cl)cc2Cl)c1. The summed E-state index contributed by atoms with van der Waals surface area (Å²) in [6, 6.07) is 9.43. The van der Waals surface area contributed by atoms with Gasteiger partial charge >= 0.3 is 0 Å². The van der Waals surface area contributed by atoms with E-state index in [9.17, 15) is 9.18 Å². The van der Waals surface area contributed by atoms with Crippen LogP contribution in [0.4, 0.5) is 15.8 Å².